The minimum atomic E-state index is -4.36. The van der Waals surface area contributed by atoms with E-state index >= 15 is 0 Å². The Kier molecular flexibility index (Phi) is 5.99. The summed E-state index contributed by atoms with van der Waals surface area (Å²) in [7, 11) is 0. The fraction of sp³-hybridized carbons (Fsp3) is 0.136. The lowest BCUT2D eigenvalue weighted by Crippen LogP contribution is -2.33. The molecule has 0 bridgehead atoms. The predicted molar refractivity (Wildman–Crippen MR) is 110 cm³/mol. The maximum Gasteiger partial charge on any atom is 0.416 e. The van der Waals surface area contributed by atoms with Crippen LogP contribution in [0.1, 0.15) is 28.3 Å². The zero-order valence-corrected chi connectivity index (χ0v) is 15.9. The van der Waals surface area contributed by atoms with Crippen molar-refractivity contribution in [2.24, 2.45) is 0 Å². The second-order valence-electron chi connectivity index (χ2n) is 6.37. The van der Waals surface area contributed by atoms with Gasteiger partial charge in [0.05, 0.1) is 11.6 Å². The first-order valence-corrected chi connectivity index (χ1v) is 9.10. The lowest BCUT2D eigenvalue weighted by molar-refractivity contribution is -0.137. The average Bonchev–Trinajstić information content (AvgIpc) is 2.67. The highest BCUT2D eigenvalue weighted by molar-refractivity contribution is 7.80. The third-order valence-electron chi connectivity index (χ3n) is 4.38. The third-order valence-corrected chi connectivity index (χ3v) is 4.60. The molecule has 144 valence electrons. The van der Waals surface area contributed by atoms with E-state index in [0.29, 0.717) is 10.8 Å². The first kappa shape index (κ1) is 19.9. The maximum absolute atomic E-state index is 12.7. The molecule has 2 N–H and O–H groups in total. The molecule has 6 heteroatoms. The van der Waals surface area contributed by atoms with E-state index in [1.165, 1.54) is 12.1 Å². The van der Waals surface area contributed by atoms with Gasteiger partial charge < -0.3 is 10.6 Å². The van der Waals surface area contributed by atoms with Crippen LogP contribution < -0.4 is 10.6 Å². The second kappa shape index (κ2) is 8.44. The van der Waals surface area contributed by atoms with Gasteiger partial charge in [0.1, 0.15) is 0 Å². The largest absolute Gasteiger partial charge is 0.416 e. The van der Waals surface area contributed by atoms with Crippen LogP contribution in [0.3, 0.4) is 0 Å². The average molecular weight is 400 g/mol. The van der Waals surface area contributed by atoms with E-state index in [0.717, 1.165) is 28.8 Å². The molecule has 28 heavy (non-hydrogen) atoms. The van der Waals surface area contributed by atoms with Gasteiger partial charge in [-0.05, 0) is 60.1 Å². The Labute approximate surface area is 167 Å². The van der Waals surface area contributed by atoms with Crippen molar-refractivity contribution in [2.45, 2.75) is 19.1 Å². The van der Waals surface area contributed by atoms with Crippen LogP contribution in [0.15, 0.2) is 78.9 Å². The summed E-state index contributed by atoms with van der Waals surface area (Å²) in [5.41, 5.74) is 3.01. The molecule has 0 amide bonds. The van der Waals surface area contributed by atoms with Crippen LogP contribution in [-0.4, -0.2) is 5.11 Å². The number of rotatable bonds is 4. The molecule has 0 radical (unpaired) electrons. The smallest absolute Gasteiger partial charge is 0.352 e. The monoisotopic (exact) mass is 400 g/mol. The Hall–Kier alpha value is -2.86. The topological polar surface area (TPSA) is 24.1 Å². The fourth-order valence-corrected chi connectivity index (χ4v) is 3.17. The van der Waals surface area contributed by atoms with Gasteiger partial charge >= 0.3 is 6.18 Å². The highest BCUT2D eigenvalue weighted by Gasteiger charge is 2.30. The van der Waals surface area contributed by atoms with Crippen LogP contribution in [0.4, 0.5) is 18.9 Å². The van der Waals surface area contributed by atoms with Crippen LogP contribution in [-0.2, 0) is 6.18 Å². The van der Waals surface area contributed by atoms with Crippen LogP contribution in [0, 0.1) is 6.92 Å². The molecule has 3 aromatic carbocycles. The molecule has 0 unspecified atom stereocenters. The van der Waals surface area contributed by atoms with Gasteiger partial charge in [-0.1, -0.05) is 54.6 Å². The molecule has 0 aliphatic carbocycles. The van der Waals surface area contributed by atoms with Crippen LogP contribution in [0.2, 0.25) is 0 Å². The Bertz CT molecular complexity index is 938. The Morgan fingerprint density at radius 1 is 0.857 bits per heavy atom. The Morgan fingerprint density at radius 2 is 1.46 bits per heavy atom. The molecule has 0 saturated carbocycles. The maximum atomic E-state index is 12.7. The van der Waals surface area contributed by atoms with Crippen LogP contribution in [0.25, 0.3) is 0 Å². The van der Waals surface area contributed by atoms with Crippen molar-refractivity contribution >= 4 is 23.0 Å². The summed E-state index contributed by atoms with van der Waals surface area (Å²) in [4.78, 5) is 0. The van der Waals surface area contributed by atoms with E-state index in [1.807, 2.05) is 61.5 Å². The number of alkyl halides is 3. The predicted octanol–water partition coefficient (Wildman–Crippen LogP) is 6.09. The number of thiocarbonyl (C=S) groups is 1. The molecular formula is C22H19F3N2S. The van der Waals surface area contributed by atoms with Crippen molar-refractivity contribution in [3.05, 3.63) is 101 Å². The molecule has 3 rings (SSSR count). The van der Waals surface area contributed by atoms with E-state index in [1.54, 1.807) is 0 Å². The summed E-state index contributed by atoms with van der Waals surface area (Å²) in [6, 6.07) is 22.4. The Morgan fingerprint density at radius 3 is 2.07 bits per heavy atom. The van der Waals surface area contributed by atoms with Gasteiger partial charge in [0.15, 0.2) is 5.11 Å². The summed E-state index contributed by atoms with van der Waals surface area (Å²) >= 11 is 5.42. The lowest BCUT2D eigenvalue weighted by atomic mass is 9.95. The summed E-state index contributed by atoms with van der Waals surface area (Å²) in [6.45, 7) is 2.03. The van der Waals surface area contributed by atoms with Gasteiger partial charge in [0.2, 0.25) is 0 Å². The molecule has 1 atom stereocenters. The van der Waals surface area contributed by atoms with E-state index < -0.39 is 11.7 Å². The SMILES string of the molecule is Cc1ccccc1[C@H](NC(=S)Nc1ccc(C(F)(F)F)cc1)c1ccccc1. The van der Waals surface area contributed by atoms with Gasteiger partial charge in [-0.2, -0.15) is 13.2 Å². The van der Waals surface area contributed by atoms with Crippen LogP contribution >= 0.6 is 12.2 Å². The number of benzene rings is 3. The highest BCUT2D eigenvalue weighted by atomic mass is 32.1. The summed E-state index contributed by atoms with van der Waals surface area (Å²) in [5.74, 6) is 0. The van der Waals surface area contributed by atoms with E-state index in [9.17, 15) is 13.2 Å². The highest BCUT2D eigenvalue weighted by Crippen LogP contribution is 2.30. The number of hydrogen-bond donors (Lipinski definition) is 2. The fourth-order valence-electron chi connectivity index (χ4n) is 2.94. The van der Waals surface area contributed by atoms with Crippen molar-refractivity contribution in [3.63, 3.8) is 0 Å². The quantitative estimate of drug-likeness (QED) is 0.518. The molecule has 0 aliphatic rings. The van der Waals surface area contributed by atoms with E-state index in [-0.39, 0.29) is 6.04 Å². The molecule has 0 saturated heterocycles. The van der Waals surface area contributed by atoms with Crippen molar-refractivity contribution < 1.29 is 13.2 Å². The van der Waals surface area contributed by atoms with Gasteiger partial charge in [-0.3, -0.25) is 0 Å². The molecule has 0 spiro atoms. The molecule has 0 aliphatic heterocycles. The molecular weight excluding hydrogens is 381 g/mol. The normalized spacial score (nSPS) is 12.3. The molecule has 0 aromatic heterocycles. The molecule has 0 heterocycles. The second-order valence-corrected chi connectivity index (χ2v) is 6.78. The minimum absolute atomic E-state index is 0.183. The van der Waals surface area contributed by atoms with Crippen molar-refractivity contribution in [3.8, 4) is 0 Å². The Balaban J connectivity index is 1.79. The van der Waals surface area contributed by atoms with Crippen molar-refractivity contribution in [2.75, 3.05) is 5.32 Å². The molecule has 2 nitrogen and oxygen atoms in total. The number of nitrogens with one attached hydrogen (secondary N) is 2. The van der Waals surface area contributed by atoms with Gasteiger partial charge in [0, 0.05) is 5.69 Å². The van der Waals surface area contributed by atoms with Crippen LogP contribution in [0.5, 0.6) is 0 Å². The summed E-state index contributed by atoms with van der Waals surface area (Å²) < 4.78 is 38.1. The van der Waals surface area contributed by atoms with E-state index in [2.05, 4.69) is 10.6 Å². The molecule has 3 aromatic rings. The first-order chi connectivity index (χ1) is 13.3. The zero-order valence-electron chi connectivity index (χ0n) is 15.1. The first-order valence-electron chi connectivity index (χ1n) is 8.70. The van der Waals surface area contributed by atoms with Crippen molar-refractivity contribution in [1.29, 1.82) is 0 Å². The number of hydrogen-bond acceptors (Lipinski definition) is 1. The minimum Gasteiger partial charge on any atom is -0.352 e. The standard InChI is InChI=1S/C22H19F3N2S/c1-15-7-5-6-10-19(15)20(16-8-3-2-4-9-16)27-21(28)26-18-13-11-17(12-14-18)22(23,24)25/h2-14,20H,1H3,(H2,26,27,28)/t20-/m1/s1. The van der Waals surface area contributed by atoms with Crippen molar-refractivity contribution in [1.82, 2.24) is 5.32 Å². The lowest BCUT2D eigenvalue weighted by Gasteiger charge is -2.23. The molecule has 0 fully saturated rings. The number of aryl methyl sites for hydroxylation is 1. The van der Waals surface area contributed by atoms with Gasteiger partial charge in [-0.25, -0.2) is 0 Å². The summed E-state index contributed by atoms with van der Waals surface area (Å²) in [5, 5.41) is 6.58. The number of halogens is 3. The third kappa shape index (κ3) is 4.89. The number of anilines is 1. The zero-order chi connectivity index (χ0) is 20.1. The van der Waals surface area contributed by atoms with E-state index in [4.69, 9.17) is 12.2 Å². The van der Waals surface area contributed by atoms with Gasteiger partial charge in [-0.15, -0.1) is 0 Å². The van der Waals surface area contributed by atoms with Gasteiger partial charge in [0.25, 0.3) is 0 Å². The summed E-state index contributed by atoms with van der Waals surface area (Å²) in [6.07, 6.45) is -4.36.